The van der Waals surface area contributed by atoms with Gasteiger partial charge in [-0.1, -0.05) is 6.07 Å². The van der Waals surface area contributed by atoms with Gasteiger partial charge in [0, 0.05) is 30.1 Å². The SMILES string of the molecule is Cc1cc(N2CC[C@@H](Nc3nc4c(-c5ccc(F)c(F)c5)cccn4n3)[C@@H](F)C2)ncn1. The third-order valence-electron chi connectivity index (χ3n) is 5.56. The third kappa shape index (κ3) is 3.83. The predicted octanol–water partition coefficient (Wildman–Crippen LogP) is 3.80. The molecule has 0 radical (unpaired) electrons. The van der Waals surface area contributed by atoms with Crippen LogP contribution in [0.2, 0.25) is 0 Å². The van der Waals surface area contributed by atoms with E-state index >= 15 is 0 Å². The molecule has 4 aromatic rings. The Balaban J connectivity index is 1.35. The van der Waals surface area contributed by atoms with Gasteiger partial charge in [-0.2, -0.15) is 4.98 Å². The number of hydrogen-bond donors (Lipinski definition) is 1. The van der Waals surface area contributed by atoms with Gasteiger partial charge in [0.1, 0.15) is 18.3 Å². The van der Waals surface area contributed by atoms with Crippen molar-refractivity contribution in [1.29, 1.82) is 0 Å². The summed E-state index contributed by atoms with van der Waals surface area (Å²) in [4.78, 5) is 14.7. The first-order valence-corrected chi connectivity index (χ1v) is 10.2. The maximum atomic E-state index is 15.0. The quantitative estimate of drug-likeness (QED) is 0.522. The molecule has 32 heavy (non-hydrogen) atoms. The van der Waals surface area contributed by atoms with Crippen LogP contribution in [0.5, 0.6) is 0 Å². The van der Waals surface area contributed by atoms with Gasteiger partial charge in [0.15, 0.2) is 17.3 Å². The lowest BCUT2D eigenvalue weighted by Gasteiger charge is -2.35. The zero-order valence-electron chi connectivity index (χ0n) is 17.2. The number of anilines is 2. The molecule has 1 saturated heterocycles. The minimum absolute atomic E-state index is 0.196. The molecule has 1 fully saturated rings. The van der Waals surface area contributed by atoms with Gasteiger partial charge in [0.05, 0.1) is 12.6 Å². The second kappa shape index (κ2) is 8.10. The first-order valence-electron chi connectivity index (χ1n) is 10.2. The predicted molar refractivity (Wildman–Crippen MR) is 114 cm³/mol. The summed E-state index contributed by atoms with van der Waals surface area (Å²) in [6.07, 6.45) is 2.56. The Hall–Kier alpha value is -3.69. The van der Waals surface area contributed by atoms with Gasteiger partial charge in [-0.3, -0.25) is 0 Å². The van der Waals surface area contributed by atoms with Crippen molar-refractivity contribution in [2.45, 2.75) is 25.6 Å². The average Bonchev–Trinajstić information content (AvgIpc) is 3.20. The monoisotopic (exact) mass is 439 g/mol. The molecule has 1 aromatic carbocycles. The fourth-order valence-electron chi connectivity index (χ4n) is 3.91. The highest BCUT2D eigenvalue weighted by atomic mass is 19.2. The van der Waals surface area contributed by atoms with Gasteiger partial charge in [-0.15, -0.1) is 5.10 Å². The number of piperidine rings is 1. The molecule has 0 amide bonds. The molecule has 0 unspecified atom stereocenters. The van der Waals surface area contributed by atoms with Crippen molar-refractivity contribution in [3.05, 3.63) is 66.3 Å². The van der Waals surface area contributed by atoms with Gasteiger partial charge in [0.2, 0.25) is 5.95 Å². The molecule has 7 nitrogen and oxygen atoms in total. The first-order chi connectivity index (χ1) is 15.5. The Kier molecular flexibility index (Phi) is 5.12. The van der Waals surface area contributed by atoms with Gasteiger partial charge >= 0.3 is 0 Å². The largest absolute Gasteiger partial charge is 0.353 e. The minimum Gasteiger partial charge on any atom is -0.353 e. The summed E-state index contributed by atoms with van der Waals surface area (Å²) in [5.41, 5.74) is 2.37. The highest BCUT2D eigenvalue weighted by Gasteiger charge is 2.31. The van der Waals surface area contributed by atoms with Crippen LogP contribution in [0.4, 0.5) is 24.9 Å². The normalized spacial score (nSPS) is 18.8. The summed E-state index contributed by atoms with van der Waals surface area (Å²) in [7, 11) is 0. The molecular weight excluding hydrogens is 419 g/mol. The number of nitrogens with one attached hydrogen (secondary N) is 1. The lowest BCUT2D eigenvalue weighted by atomic mass is 10.0. The van der Waals surface area contributed by atoms with Crippen molar-refractivity contribution >= 4 is 17.4 Å². The molecule has 5 rings (SSSR count). The van der Waals surface area contributed by atoms with Crippen LogP contribution in [0.25, 0.3) is 16.8 Å². The van der Waals surface area contributed by atoms with Crippen molar-refractivity contribution in [1.82, 2.24) is 24.6 Å². The molecule has 164 valence electrons. The Morgan fingerprint density at radius 1 is 1.09 bits per heavy atom. The summed E-state index contributed by atoms with van der Waals surface area (Å²) in [5, 5.41) is 7.47. The Morgan fingerprint density at radius 3 is 2.75 bits per heavy atom. The molecule has 0 spiro atoms. The number of pyridine rings is 1. The molecule has 10 heteroatoms. The Labute approximate surface area is 182 Å². The highest BCUT2D eigenvalue weighted by Crippen LogP contribution is 2.27. The van der Waals surface area contributed by atoms with E-state index in [9.17, 15) is 13.2 Å². The molecule has 1 aliphatic rings. The van der Waals surface area contributed by atoms with E-state index in [1.807, 2.05) is 17.9 Å². The van der Waals surface area contributed by atoms with E-state index in [0.717, 1.165) is 17.8 Å². The number of aromatic nitrogens is 5. The van der Waals surface area contributed by atoms with E-state index in [1.165, 1.54) is 16.9 Å². The zero-order chi connectivity index (χ0) is 22.2. The first kappa shape index (κ1) is 20.2. The summed E-state index contributed by atoms with van der Waals surface area (Å²) in [6.45, 7) is 2.69. The zero-order valence-corrected chi connectivity index (χ0v) is 17.2. The van der Waals surface area contributed by atoms with E-state index in [2.05, 4.69) is 25.4 Å². The number of rotatable bonds is 4. The minimum atomic E-state index is -1.16. The molecular formula is C22H20F3N7. The molecule has 0 bridgehead atoms. The smallest absolute Gasteiger partial charge is 0.243 e. The lowest BCUT2D eigenvalue weighted by molar-refractivity contribution is 0.262. The second-order valence-corrected chi connectivity index (χ2v) is 7.77. The fraction of sp³-hybridized carbons (Fsp3) is 0.273. The molecule has 1 N–H and O–H groups in total. The number of fused-ring (bicyclic) bond motifs is 1. The number of aryl methyl sites for hydroxylation is 1. The van der Waals surface area contributed by atoms with Crippen molar-refractivity contribution in [3.8, 4) is 11.1 Å². The van der Waals surface area contributed by atoms with Crippen LogP contribution in [0.3, 0.4) is 0 Å². The van der Waals surface area contributed by atoms with Crippen LogP contribution in [0.15, 0.2) is 48.9 Å². The number of nitrogens with zero attached hydrogens (tertiary/aromatic N) is 6. The maximum absolute atomic E-state index is 15.0. The number of alkyl halides is 1. The molecule has 3 aromatic heterocycles. The van der Waals surface area contributed by atoms with Crippen molar-refractivity contribution in [3.63, 3.8) is 0 Å². The Bertz CT molecular complexity index is 1280. The molecule has 2 atom stereocenters. The van der Waals surface area contributed by atoms with Crippen LogP contribution < -0.4 is 10.2 Å². The number of hydrogen-bond acceptors (Lipinski definition) is 6. The lowest BCUT2D eigenvalue weighted by Crippen LogP contribution is -2.48. The van der Waals surface area contributed by atoms with Gasteiger partial charge in [-0.05, 0) is 43.2 Å². The maximum Gasteiger partial charge on any atom is 0.243 e. The topological polar surface area (TPSA) is 71.2 Å². The van der Waals surface area contributed by atoms with E-state index in [1.54, 1.807) is 18.3 Å². The fourth-order valence-corrected chi connectivity index (χ4v) is 3.91. The standard InChI is InChI=1S/C22H20F3N7/c1-13-9-20(27-12-26-13)31-8-6-19(18(25)11-31)28-22-29-21-15(3-2-7-32(21)30-22)14-4-5-16(23)17(24)10-14/h2-5,7,9-10,12,18-19H,6,8,11H2,1H3,(H,28,30)/t18-,19+/m0/s1. The van der Waals surface area contributed by atoms with Crippen LogP contribution in [-0.2, 0) is 0 Å². The van der Waals surface area contributed by atoms with E-state index < -0.39 is 23.8 Å². The van der Waals surface area contributed by atoms with Crippen molar-refractivity contribution in [2.24, 2.45) is 0 Å². The average molecular weight is 439 g/mol. The van der Waals surface area contributed by atoms with Crippen LogP contribution in [-0.4, -0.2) is 49.9 Å². The molecule has 0 saturated carbocycles. The van der Waals surface area contributed by atoms with Gasteiger partial charge in [-0.25, -0.2) is 27.7 Å². The highest BCUT2D eigenvalue weighted by molar-refractivity contribution is 5.77. The molecule has 1 aliphatic heterocycles. The molecule has 4 heterocycles. The number of benzene rings is 1. The summed E-state index contributed by atoms with van der Waals surface area (Å²) < 4.78 is 43.5. The third-order valence-corrected chi connectivity index (χ3v) is 5.56. The Morgan fingerprint density at radius 2 is 1.97 bits per heavy atom. The number of halogens is 3. The van der Waals surface area contributed by atoms with Gasteiger partial charge in [0.25, 0.3) is 0 Å². The summed E-state index contributed by atoms with van der Waals surface area (Å²) in [5.74, 6) is -0.866. The van der Waals surface area contributed by atoms with Crippen LogP contribution in [0, 0.1) is 18.6 Å². The van der Waals surface area contributed by atoms with Crippen LogP contribution >= 0.6 is 0 Å². The summed E-state index contributed by atoms with van der Waals surface area (Å²) >= 11 is 0. The van der Waals surface area contributed by atoms with Crippen molar-refractivity contribution < 1.29 is 13.2 Å². The van der Waals surface area contributed by atoms with E-state index in [-0.39, 0.29) is 12.5 Å². The van der Waals surface area contributed by atoms with Crippen molar-refractivity contribution in [2.75, 3.05) is 23.3 Å². The van der Waals surface area contributed by atoms with E-state index in [0.29, 0.717) is 35.6 Å². The molecule has 0 aliphatic carbocycles. The van der Waals surface area contributed by atoms with Crippen LogP contribution in [0.1, 0.15) is 12.1 Å². The second-order valence-electron chi connectivity index (χ2n) is 7.77. The van der Waals surface area contributed by atoms with E-state index in [4.69, 9.17) is 0 Å². The summed E-state index contributed by atoms with van der Waals surface area (Å²) in [6, 6.07) is 8.54. The van der Waals surface area contributed by atoms with Gasteiger partial charge < -0.3 is 10.2 Å².